The number of anilines is 1. The van der Waals surface area contributed by atoms with Gasteiger partial charge in [0.15, 0.2) is 12.1 Å². The summed E-state index contributed by atoms with van der Waals surface area (Å²) in [6, 6.07) is 6.16. The lowest BCUT2D eigenvalue weighted by molar-refractivity contribution is 0.111. The van der Waals surface area contributed by atoms with Crippen LogP contribution in [0.15, 0.2) is 24.4 Å². The molecule has 0 bridgehead atoms. The third-order valence-corrected chi connectivity index (χ3v) is 3.71. The van der Waals surface area contributed by atoms with E-state index in [1.54, 1.807) is 0 Å². The number of imidazole rings is 1. The highest BCUT2D eigenvalue weighted by Gasteiger charge is 2.28. The predicted octanol–water partition coefficient (Wildman–Crippen LogP) is 2.77. The fourth-order valence-corrected chi connectivity index (χ4v) is 2.44. The van der Waals surface area contributed by atoms with E-state index in [4.69, 9.17) is 0 Å². The van der Waals surface area contributed by atoms with Crippen molar-refractivity contribution in [2.45, 2.75) is 32.7 Å². The van der Waals surface area contributed by atoms with E-state index in [1.165, 1.54) is 12.8 Å². The highest BCUT2D eigenvalue weighted by molar-refractivity contribution is 5.83. The number of carbonyl (C=O) groups excluding carboxylic acids is 1. The molecule has 4 nitrogen and oxygen atoms in total. The van der Waals surface area contributed by atoms with Gasteiger partial charge >= 0.3 is 0 Å². The third kappa shape index (κ3) is 2.23. The summed E-state index contributed by atoms with van der Waals surface area (Å²) in [6.45, 7) is 5.31. The van der Waals surface area contributed by atoms with E-state index in [9.17, 15) is 4.79 Å². The smallest absolute Gasteiger partial charge is 0.170 e. The Morgan fingerprint density at radius 2 is 2.26 bits per heavy atom. The Morgan fingerprint density at radius 3 is 2.89 bits per heavy atom. The van der Waals surface area contributed by atoms with Gasteiger partial charge in [0.05, 0.1) is 0 Å². The Morgan fingerprint density at radius 1 is 1.47 bits per heavy atom. The van der Waals surface area contributed by atoms with Gasteiger partial charge in [-0.15, -0.1) is 0 Å². The van der Waals surface area contributed by atoms with Gasteiger partial charge in [0.1, 0.15) is 11.3 Å². The van der Waals surface area contributed by atoms with Gasteiger partial charge in [-0.05, 0) is 44.7 Å². The van der Waals surface area contributed by atoms with Crippen LogP contribution in [0.25, 0.3) is 5.65 Å². The minimum absolute atomic E-state index is 0.351. The lowest BCUT2D eigenvalue weighted by Crippen LogP contribution is -2.33. The summed E-state index contributed by atoms with van der Waals surface area (Å²) < 4.78 is 1.87. The molecule has 0 aliphatic heterocycles. The molecule has 0 N–H and O–H groups in total. The van der Waals surface area contributed by atoms with Crippen molar-refractivity contribution < 1.29 is 4.79 Å². The molecular formula is C15H19N3O. The second kappa shape index (κ2) is 4.68. The van der Waals surface area contributed by atoms with E-state index < -0.39 is 0 Å². The molecule has 1 aliphatic rings. The van der Waals surface area contributed by atoms with Crippen LogP contribution in [0.2, 0.25) is 0 Å². The molecule has 0 atom stereocenters. The SMILES string of the molecule is CC(C)N(CC1CC1)c1nc2ccccn2c1C=O. The van der Waals surface area contributed by atoms with Crippen LogP contribution < -0.4 is 4.90 Å². The van der Waals surface area contributed by atoms with E-state index in [2.05, 4.69) is 23.7 Å². The molecule has 0 radical (unpaired) electrons. The first-order valence-corrected chi connectivity index (χ1v) is 6.89. The minimum Gasteiger partial charge on any atom is -0.352 e. The van der Waals surface area contributed by atoms with Crippen LogP contribution in [0.5, 0.6) is 0 Å². The molecule has 4 heteroatoms. The Bertz CT molecular complexity index is 598. The van der Waals surface area contributed by atoms with Crippen molar-refractivity contribution in [2.24, 2.45) is 5.92 Å². The molecular weight excluding hydrogens is 238 g/mol. The summed E-state index contributed by atoms with van der Waals surface area (Å²) in [5.41, 5.74) is 1.49. The standard InChI is InChI=1S/C15H19N3O/c1-11(2)18(9-12-6-7-12)15-13(10-19)17-8-4-3-5-14(17)16-15/h3-5,8,10-12H,6-7,9H2,1-2H3. The maximum atomic E-state index is 11.4. The number of aromatic nitrogens is 2. The van der Waals surface area contributed by atoms with Gasteiger partial charge in [-0.2, -0.15) is 0 Å². The van der Waals surface area contributed by atoms with Crippen LogP contribution in [-0.2, 0) is 0 Å². The Labute approximate surface area is 113 Å². The van der Waals surface area contributed by atoms with Gasteiger partial charge in [0.25, 0.3) is 0 Å². The van der Waals surface area contributed by atoms with Crippen molar-refractivity contribution in [1.29, 1.82) is 0 Å². The molecule has 1 fully saturated rings. The topological polar surface area (TPSA) is 37.6 Å². The Balaban J connectivity index is 2.07. The summed E-state index contributed by atoms with van der Waals surface area (Å²) in [5.74, 6) is 1.59. The summed E-state index contributed by atoms with van der Waals surface area (Å²) in [4.78, 5) is 18.3. The number of fused-ring (bicyclic) bond motifs is 1. The first-order chi connectivity index (χ1) is 9.20. The average Bonchev–Trinajstić information content (AvgIpc) is 3.14. The number of hydrogen-bond donors (Lipinski definition) is 0. The second-order valence-electron chi connectivity index (χ2n) is 5.56. The molecule has 2 aromatic heterocycles. The molecule has 100 valence electrons. The van der Waals surface area contributed by atoms with Crippen LogP contribution in [-0.4, -0.2) is 28.3 Å². The molecule has 0 unspecified atom stereocenters. The molecule has 1 aliphatic carbocycles. The zero-order valence-corrected chi connectivity index (χ0v) is 11.4. The van der Waals surface area contributed by atoms with E-state index in [0.717, 1.165) is 30.2 Å². The van der Waals surface area contributed by atoms with Gasteiger partial charge in [0, 0.05) is 18.8 Å². The fourth-order valence-electron chi connectivity index (χ4n) is 2.44. The number of carbonyl (C=O) groups is 1. The maximum absolute atomic E-state index is 11.4. The van der Waals surface area contributed by atoms with E-state index in [-0.39, 0.29) is 0 Å². The number of pyridine rings is 1. The lowest BCUT2D eigenvalue weighted by Gasteiger charge is -2.27. The predicted molar refractivity (Wildman–Crippen MR) is 75.8 cm³/mol. The second-order valence-corrected chi connectivity index (χ2v) is 5.56. The largest absolute Gasteiger partial charge is 0.352 e. The number of aldehydes is 1. The van der Waals surface area contributed by atoms with E-state index in [1.807, 2.05) is 28.8 Å². The fraction of sp³-hybridized carbons (Fsp3) is 0.467. The summed E-state index contributed by atoms with van der Waals surface area (Å²) in [5, 5.41) is 0. The normalized spacial score (nSPS) is 15.1. The summed E-state index contributed by atoms with van der Waals surface area (Å²) in [7, 11) is 0. The lowest BCUT2D eigenvalue weighted by atomic mass is 10.2. The van der Waals surface area contributed by atoms with Crippen molar-refractivity contribution in [3.63, 3.8) is 0 Å². The van der Waals surface area contributed by atoms with Gasteiger partial charge in [-0.3, -0.25) is 9.20 Å². The van der Waals surface area contributed by atoms with Crippen molar-refractivity contribution >= 4 is 17.8 Å². The number of hydrogen-bond acceptors (Lipinski definition) is 3. The van der Waals surface area contributed by atoms with Crippen LogP contribution in [0.3, 0.4) is 0 Å². The summed E-state index contributed by atoms with van der Waals surface area (Å²) >= 11 is 0. The van der Waals surface area contributed by atoms with E-state index >= 15 is 0 Å². The van der Waals surface area contributed by atoms with Crippen molar-refractivity contribution in [1.82, 2.24) is 9.38 Å². The maximum Gasteiger partial charge on any atom is 0.170 e. The van der Waals surface area contributed by atoms with Gasteiger partial charge < -0.3 is 4.90 Å². The highest BCUT2D eigenvalue weighted by Crippen LogP contribution is 2.33. The Hall–Kier alpha value is -1.84. The molecule has 2 heterocycles. The van der Waals surface area contributed by atoms with Crippen molar-refractivity contribution in [3.05, 3.63) is 30.1 Å². The first kappa shape index (κ1) is 12.2. The molecule has 0 spiro atoms. The quantitative estimate of drug-likeness (QED) is 0.773. The zero-order chi connectivity index (χ0) is 13.4. The third-order valence-electron chi connectivity index (χ3n) is 3.71. The van der Waals surface area contributed by atoms with Crippen LogP contribution in [0.1, 0.15) is 37.2 Å². The number of nitrogens with zero attached hydrogens (tertiary/aromatic N) is 3. The van der Waals surface area contributed by atoms with Gasteiger partial charge in [0.2, 0.25) is 0 Å². The Kier molecular flexibility index (Phi) is 3.01. The molecule has 19 heavy (non-hydrogen) atoms. The summed E-state index contributed by atoms with van der Waals surface area (Å²) in [6.07, 6.45) is 5.41. The molecule has 3 rings (SSSR count). The molecule has 0 amide bonds. The van der Waals surface area contributed by atoms with Gasteiger partial charge in [-0.25, -0.2) is 4.98 Å². The van der Waals surface area contributed by atoms with Crippen LogP contribution >= 0.6 is 0 Å². The molecule has 0 aromatic carbocycles. The van der Waals surface area contributed by atoms with Crippen molar-refractivity contribution in [2.75, 3.05) is 11.4 Å². The average molecular weight is 257 g/mol. The number of rotatable bonds is 5. The minimum atomic E-state index is 0.351. The van der Waals surface area contributed by atoms with Crippen molar-refractivity contribution in [3.8, 4) is 0 Å². The van der Waals surface area contributed by atoms with Crippen LogP contribution in [0, 0.1) is 5.92 Å². The van der Waals surface area contributed by atoms with E-state index in [0.29, 0.717) is 11.7 Å². The monoisotopic (exact) mass is 257 g/mol. The molecule has 0 saturated heterocycles. The van der Waals surface area contributed by atoms with Crippen LogP contribution in [0.4, 0.5) is 5.82 Å². The molecule has 2 aromatic rings. The highest BCUT2D eigenvalue weighted by atomic mass is 16.1. The molecule has 1 saturated carbocycles. The first-order valence-electron chi connectivity index (χ1n) is 6.89. The zero-order valence-electron chi connectivity index (χ0n) is 11.4. The van der Waals surface area contributed by atoms with Gasteiger partial charge in [-0.1, -0.05) is 6.07 Å².